The van der Waals surface area contributed by atoms with Gasteiger partial charge in [0.05, 0.1) is 0 Å². The van der Waals surface area contributed by atoms with E-state index in [0.717, 1.165) is 31.2 Å². The zero-order chi connectivity index (χ0) is 17.5. The summed E-state index contributed by atoms with van der Waals surface area (Å²) in [4.78, 5) is 34.9. The number of aryl methyl sites for hydroxylation is 1. The molecule has 1 atom stereocenters. The van der Waals surface area contributed by atoms with Gasteiger partial charge in [-0.05, 0) is 43.9 Å². The number of carboxylic acids is 1. The molecule has 130 valence electrons. The molecule has 1 fully saturated rings. The van der Waals surface area contributed by atoms with Crippen LogP contribution in [0.5, 0.6) is 0 Å². The number of rotatable bonds is 7. The van der Waals surface area contributed by atoms with Crippen molar-refractivity contribution < 1.29 is 19.5 Å². The Morgan fingerprint density at radius 1 is 1.25 bits per heavy atom. The SMILES string of the molecule is CC(NC(=O)C1CCCC1)C(=O)Nc1cccc(CCC(=O)O)c1. The molecular weight excluding hydrogens is 308 g/mol. The summed E-state index contributed by atoms with van der Waals surface area (Å²) < 4.78 is 0. The van der Waals surface area contributed by atoms with Gasteiger partial charge in [-0.2, -0.15) is 0 Å². The maximum Gasteiger partial charge on any atom is 0.303 e. The molecule has 1 unspecified atom stereocenters. The van der Waals surface area contributed by atoms with Crippen molar-refractivity contribution in [3.05, 3.63) is 29.8 Å². The second-order valence-corrected chi connectivity index (χ2v) is 6.30. The molecule has 1 aromatic rings. The van der Waals surface area contributed by atoms with Crippen LogP contribution >= 0.6 is 0 Å². The quantitative estimate of drug-likeness (QED) is 0.714. The first-order valence-electron chi connectivity index (χ1n) is 8.37. The number of carboxylic acid groups (broad SMARTS) is 1. The maximum absolute atomic E-state index is 12.2. The number of aliphatic carboxylic acids is 1. The lowest BCUT2D eigenvalue weighted by atomic mass is 10.1. The molecule has 0 radical (unpaired) electrons. The summed E-state index contributed by atoms with van der Waals surface area (Å²) in [7, 11) is 0. The first-order chi connectivity index (χ1) is 11.5. The summed E-state index contributed by atoms with van der Waals surface area (Å²) >= 11 is 0. The van der Waals surface area contributed by atoms with Crippen LogP contribution in [0.25, 0.3) is 0 Å². The van der Waals surface area contributed by atoms with Gasteiger partial charge in [0.15, 0.2) is 0 Å². The van der Waals surface area contributed by atoms with Crippen molar-refractivity contribution in [2.45, 2.75) is 51.5 Å². The average molecular weight is 332 g/mol. The predicted molar refractivity (Wildman–Crippen MR) is 90.6 cm³/mol. The Balaban J connectivity index is 1.87. The molecule has 0 aromatic heterocycles. The number of carbonyl (C=O) groups is 3. The topological polar surface area (TPSA) is 95.5 Å². The predicted octanol–water partition coefficient (Wildman–Crippen LogP) is 2.34. The number of amides is 2. The van der Waals surface area contributed by atoms with E-state index in [4.69, 9.17) is 5.11 Å². The third kappa shape index (κ3) is 5.37. The molecule has 0 heterocycles. The number of benzene rings is 1. The highest BCUT2D eigenvalue weighted by molar-refractivity contribution is 5.97. The molecule has 2 amide bonds. The fourth-order valence-corrected chi connectivity index (χ4v) is 2.89. The van der Waals surface area contributed by atoms with E-state index in [-0.39, 0.29) is 24.2 Å². The van der Waals surface area contributed by atoms with Crippen LogP contribution in [0.15, 0.2) is 24.3 Å². The van der Waals surface area contributed by atoms with Crippen molar-refractivity contribution in [3.63, 3.8) is 0 Å². The number of nitrogens with one attached hydrogen (secondary N) is 2. The van der Waals surface area contributed by atoms with Gasteiger partial charge in [0.1, 0.15) is 6.04 Å². The highest BCUT2D eigenvalue weighted by Gasteiger charge is 2.25. The van der Waals surface area contributed by atoms with E-state index in [2.05, 4.69) is 10.6 Å². The summed E-state index contributed by atoms with van der Waals surface area (Å²) in [5.41, 5.74) is 1.45. The zero-order valence-electron chi connectivity index (χ0n) is 13.9. The number of hydrogen-bond acceptors (Lipinski definition) is 3. The lowest BCUT2D eigenvalue weighted by Gasteiger charge is -2.17. The molecule has 0 saturated heterocycles. The summed E-state index contributed by atoms with van der Waals surface area (Å²) in [5, 5.41) is 14.3. The number of carbonyl (C=O) groups excluding carboxylic acids is 2. The molecule has 3 N–H and O–H groups in total. The van der Waals surface area contributed by atoms with Crippen LogP contribution in [0, 0.1) is 5.92 Å². The summed E-state index contributed by atoms with van der Waals surface area (Å²) in [5.74, 6) is -1.16. The van der Waals surface area contributed by atoms with Gasteiger partial charge in [-0.15, -0.1) is 0 Å². The Bertz CT molecular complexity index is 609. The van der Waals surface area contributed by atoms with Crippen LogP contribution < -0.4 is 10.6 Å². The van der Waals surface area contributed by atoms with Crippen LogP contribution in [0.4, 0.5) is 5.69 Å². The fourth-order valence-electron chi connectivity index (χ4n) is 2.89. The van der Waals surface area contributed by atoms with Gasteiger partial charge in [0, 0.05) is 18.0 Å². The first kappa shape index (κ1) is 18.0. The van der Waals surface area contributed by atoms with Gasteiger partial charge in [0.25, 0.3) is 0 Å². The van der Waals surface area contributed by atoms with Crippen molar-refractivity contribution in [2.75, 3.05) is 5.32 Å². The van der Waals surface area contributed by atoms with Gasteiger partial charge < -0.3 is 15.7 Å². The second-order valence-electron chi connectivity index (χ2n) is 6.30. The lowest BCUT2D eigenvalue weighted by Crippen LogP contribution is -2.43. The third-order valence-electron chi connectivity index (χ3n) is 4.30. The third-order valence-corrected chi connectivity index (χ3v) is 4.30. The van der Waals surface area contributed by atoms with Crippen LogP contribution in [-0.2, 0) is 20.8 Å². The normalized spacial score (nSPS) is 15.7. The van der Waals surface area contributed by atoms with Crippen LogP contribution in [-0.4, -0.2) is 28.9 Å². The molecule has 0 spiro atoms. The van der Waals surface area contributed by atoms with Crippen molar-refractivity contribution in [1.82, 2.24) is 5.32 Å². The molecule has 1 aliphatic carbocycles. The molecule has 6 nitrogen and oxygen atoms in total. The highest BCUT2D eigenvalue weighted by Crippen LogP contribution is 2.24. The zero-order valence-corrected chi connectivity index (χ0v) is 13.9. The summed E-state index contributed by atoms with van der Waals surface area (Å²) in [6.45, 7) is 1.66. The minimum absolute atomic E-state index is 0.0274. The average Bonchev–Trinajstić information content (AvgIpc) is 3.07. The molecule has 1 aliphatic rings. The molecule has 0 aliphatic heterocycles. The Labute approximate surface area is 141 Å². The van der Waals surface area contributed by atoms with Crippen LogP contribution in [0.2, 0.25) is 0 Å². The molecule has 1 aromatic carbocycles. The molecule has 1 saturated carbocycles. The Hall–Kier alpha value is -2.37. The van der Waals surface area contributed by atoms with E-state index in [1.54, 1.807) is 25.1 Å². The largest absolute Gasteiger partial charge is 0.481 e. The monoisotopic (exact) mass is 332 g/mol. The Morgan fingerprint density at radius 2 is 1.96 bits per heavy atom. The molecular formula is C18H24N2O4. The Kier molecular flexibility index (Phi) is 6.35. The minimum atomic E-state index is -0.854. The molecule has 6 heteroatoms. The van der Waals surface area contributed by atoms with Crippen molar-refractivity contribution in [3.8, 4) is 0 Å². The Morgan fingerprint density at radius 3 is 2.62 bits per heavy atom. The van der Waals surface area contributed by atoms with E-state index >= 15 is 0 Å². The van der Waals surface area contributed by atoms with E-state index < -0.39 is 12.0 Å². The highest BCUT2D eigenvalue weighted by atomic mass is 16.4. The fraction of sp³-hybridized carbons (Fsp3) is 0.500. The lowest BCUT2D eigenvalue weighted by molar-refractivity contribution is -0.137. The first-order valence-corrected chi connectivity index (χ1v) is 8.37. The molecule has 2 rings (SSSR count). The second kappa shape index (κ2) is 8.47. The van der Waals surface area contributed by atoms with E-state index in [9.17, 15) is 14.4 Å². The maximum atomic E-state index is 12.2. The van der Waals surface area contributed by atoms with Gasteiger partial charge >= 0.3 is 5.97 Å². The molecule has 24 heavy (non-hydrogen) atoms. The van der Waals surface area contributed by atoms with E-state index in [1.807, 2.05) is 6.07 Å². The summed E-state index contributed by atoms with van der Waals surface area (Å²) in [6.07, 6.45) is 4.39. The van der Waals surface area contributed by atoms with Crippen LogP contribution in [0.1, 0.15) is 44.6 Å². The van der Waals surface area contributed by atoms with E-state index in [0.29, 0.717) is 12.1 Å². The van der Waals surface area contributed by atoms with E-state index in [1.165, 1.54) is 0 Å². The van der Waals surface area contributed by atoms with Gasteiger partial charge in [0.2, 0.25) is 11.8 Å². The van der Waals surface area contributed by atoms with Gasteiger partial charge in [-0.3, -0.25) is 14.4 Å². The van der Waals surface area contributed by atoms with Crippen molar-refractivity contribution in [1.29, 1.82) is 0 Å². The minimum Gasteiger partial charge on any atom is -0.481 e. The van der Waals surface area contributed by atoms with Crippen molar-refractivity contribution >= 4 is 23.5 Å². The number of hydrogen-bond donors (Lipinski definition) is 3. The van der Waals surface area contributed by atoms with Crippen LogP contribution in [0.3, 0.4) is 0 Å². The smallest absolute Gasteiger partial charge is 0.303 e. The van der Waals surface area contributed by atoms with Gasteiger partial charge in [-0.1, -0.05) is 25.0 Å². The number of anilines is 1. The van der Waals surface area contributed by atoms with Crippen molar-refractivity contribution in [2.24, 2.45) is 5.92 Å². The standard InChI is InChI=1S/C18H24N2O4/c1-12(19-18(24)14-6-2-3-7-14)17(23)20-15-8-4-5-13(11-15)9-10-16(21)22/h4-5,8,11-12,14H,2-3,6-7,9-10H2,1H3,(H,19,24)(H,20,23)(H,21,22). The molecule has 0 bridgehead atoms. The summed E-state index contributed by atoms with van der Waals surface area (Å²) in [6, 6.07) is 6.49. The van der Waals surface area contributed by atoms with Gasteiger partial charge in [-0.25, -0.2) is 0 Å².